The molecule has 13 heavy (non-hydrogen) atoms. The molecule has 2 N–H and O–H groups in total. The van der Waals surface area contributed by atoms with Crippen molar-refractivity contribution in [3.05, 3.63) is 28.7 Å². The van der Waals surface area contributed by atoms with Gasteiger partial charge in [0.2, 0.25) is 0 Å². The van der Waals surface area contributed by atoms with Gasteiger partial charge in [0.1, 0.15) is 11.9 Å². The fraction of sp³-hybridized carbons (Fsp3) is 0.333. The Labute approximate surface area is 85.1 Å². The summed E-state index contributed by atoms with van der Waals surface area (Å²) in [5.74, 6) is 0.635. The molecule has 4 heteroatoms. The second kappa shape index (κ2) is 5.21. The van der Waals surface area contributed by atoms with Crippen LogP contribution in [0.4, 0.5) is 0 Å². The smallest absolute Gasteiger partial charge is 0.145 e. The van der Waals surface area contributed by atoms with E-state index in [1.807, 2.05) is 12.1 Å². The summed E-state index contributed by atoms with van der Waals surface area (Å²) in [6, 6.07) is 7.20. The Morgan fingerprint density at radius 2 is 1.69 bits per heavy atom. The molecule has 0 aromatic heterocycles. The minimum Gasteiger partial charge on any atom is -0.486 e. The Hall–Kier alpha value is -0.580. The average Bonchev–Trinajstić information content (AvgIpc) is 2.17. The van der Waals surface area contributed by atoms with Crippen LogP contribution in [0.25, 0.3) is 0 Å². The molecule has 0 aliphatic carbocycles. The van der Waals surface area contributed by atoms with Gasteiger partial charge in [0.25, 0.3) is 0 Å². The molecule has 0 saturated heterocycles. The number of hydrogen-bond acceptors (Lipinski definition) is 3. The quantitative estimate of drug-likeness (QED) is 0.839. The highest BCUT2D eigenvalue weighted by atomic mass is 79.9. The third kappa shape index (κ3) is 3.34. The number of halogens is 1. The Bertz CT molecular complexity index is 244. The van der Waals surface area contributed by atoms with Gasteiger partial charge in [-0.05, 0) is 24.3 Å². The van der Waals surface area contributed by atoms with Crippen molar-refractivity contribution >= 4 is 15.9 Å². The van der Waals surface area contributed by atoms with Crippen molar-refractivity contribution in [1.29, 1.82) is 0 Å². The van der Waals surface area contributed by atoms with E-state index in [-0.39, 0.29) is 13.2 Å². The van der Waals surface area contributed by atoms with Crippen LogP contribution in [0.15, 0.2) is 28.7 Å². The summed E-state index contributed by atoms with van der Waals surface area (Å²) in [5, 5.41) is 17.5. The van der Waals surface area contributed by atoms with E-state index < -0.39 is 6.10 Å². The van der Waals surface area contributed by atoms with Crippen molar-refractivity contribution in [2.75, 3.05) is 13.2 Å². The summed E-state index contributed by atoms with van der Waals surface area (Å²) in [4.78, 5) is 0. The average molecular weight is 247 g/mol. The van der Waals surface area contributed by atoms with Crippen LogP contribution in [-0.2, 0) is 0 Å². The molecule has 0 bridgehead atoms. The maximum absolute atomic E-state index is 8.75. The largest absolute Gasteiger partial charge is 0.486 e. The van der Waals surface area contributed by atoms with Gasteiger partial charge in [-0.25, -0.2) is 0 Å². The Morgan fingerprint density at radius 3 is 2.15 bits per heavy atom. The molecule has 0 saturated carbocycles. The Kier molecular flexibility index (Phi) is 4.21. The van der Waals surface area contributed by atoms with Gasteiger partial charge >= 0.3 is 0 Å². The standard InChI is InChI=1S/C9H11BrO3/c10-7-1-3-8(4-2-7)13-9(5-11)6-12/h1-4,9,11-12H,5-6H2. The lowest BCUT2D eigenvalue weighted by Gasteiger charge is -2.13. The predicted molar refractivity (Wildman–Crippen MR) is 52.7 cm³/mol. The highest BCUT2D eigenvalue weighted by molar-refractivity contribution is 9.10. The van der Waals surface area contributed by atoms with E-state index in [1.165, 1.54) is 0 Å². The van der Waals surface area contributed by atoms with Crippen LogP contribution in [0.3, 0.4) is 0 Å². The molecule has 0 fully saturated rings. The minimum absolute atomic E-state index is 0.188. The van der Waals surface area contributed by atoms with E-state index >= 15 is 0 Å². The van der Waals surface area contributed by atoms with E-state index in [2.05, 4.69) is 15.9 Å². The summed E-state index contributed by atoms with van der Waals surface area (Å²) in [6.07, 6.45) is -0.541. The summed E-state index contributed by atoms with van der Waals surface area (Å²) in [5.41, 5.74) is 0. The lowest BCUT2D eigenvalue weighted by molar-refractivity contribution is 0.0629. The number of aliphatic hydroxyl groups is 2. The SMILES string of the molecule is OCC(CO)Oc1ccc(Br)cc1. The van der Waals surface area contributed by atoms with E-state index in [1.54, 1.807) is 12.1 Å². The molecule has 1 aromatic carbocycles. The van der Waals surface area contributed by atoms with Crippen molar-refractivity contribution in [2.24, 2.45) is 0 Å². The second-order valence-corrected chi connectivity index (χ2v) is 3.47. The second-order valence-electron chi connectivity index (χ2n) is 2.56. The number of rotatable bonds is 4. The molecule has 1 rings (SSSR count). The first-order valence-electron chi connectivity index (χ1n) is 3.90. The fourth-order valence-electron chi connectivity index (χ4n) is 0.838. The number of hydrogen-bond donors (Lipinski definition) is 2. The topological polar surface area (TPSA) is 49.7 Å². The van der Waals surface area contributed by atoms with Crippen LogP contribution >= 0.6 is 15.9 Å². The highest BCUT2D eigenvalue weighted by Crippen LogP contribution is 2.16. The van der Waals surface area contributed by atoms with Crippen LogP contribution in [0, 0.1) is 0 Å². The van der Waals surface area contributed by atoms with Crippen molar-refractivity contribution in [1.82, 2.24) is 0 Å². The molecule has 0 amide bonds. The van der Waals surface area contributed by atoms with Gasteiger partial charge in [-0.2, -0.15) is 0 Å². The lowest BCUT2D eigenvalue weighted by Crippen LogP contribution is -2.25. The molecule has 0 spiro atoms. The minimum atomic E-state index is -0.541. The molecule has 0 heterocycles. The van der Waals surface area contributed by atoms with Crippen molar-refractivity contribution in [3.8, 4) is 5.75 Å². The molecule has 1 aromatic rings. The summed E-state index contributed by atoms with van der Waals surface area (Å²) < 4.78 is 6.21. The van der Waals surface area contributed by atoms with E-state index in [0.29, 0.717) is 5.75 Å². The summed E-state index contributed by atoms with van der Waals surface area (Å²) in [6.45, 7) is -0.376. The first-order valence-corrected chi connectivity index (χ1v) is 4.69. The molecule has 0 aliphatic rings. The van der Waals surface area contributed by atoms with E-state index in [9.17, 15) is 0 Å². The van der Waals surface area contributed by atoms with Crippen molar-refractivity contribution in [3.63, 3.8) is 0 Å². The van der Waals surface area contributed by atoms with Crippen molar-refractivity contribution < 1.29 is 14.9 Å². The molecular formula is C9H11BrO3. The number of ether oxygens (including phenoxy) is 1. The number of aliphatic hydroxyl groups excluding tert-OH is 2. The first kappa shape index (κ1) is 10.5. The zero-order chi connectivity index (χ0) is 9.68. The van der Waals surface area contributed by atoms with Gasteiger partial charge in [-0.1, -0.05) is 15.9 Å². The Balaban J connectivity index is 2.58. The molecule has 0 unspecified atom stereocenters. The van der Waals surface area contributed by atoms with Crippen LogP contribution in [0.5, 0.6) is 5.75 Å². The van der Waals surface area contributed by atoms with Gasteiger partial charge in [0.15, 0.2) is 0 Å². The maximum Gasteiger partial charge on any atom is 0.145 e. The van der Waals surface area contributed by atoms with E-state index in [0.717, 1.165) is 4.47 Å². The third-order valence-electron chi connectivity index (χ3n) is 1.52. The normalized spacial score (nSPS) is 10.5. The summed E-state index contributed by atoms with van der Waals surface area (Å²) >= 11 is 3.29. The van der Waals surface area contributed by atoms with Crippen LogP contribution in [-0.4, -0.2) is 29.5 Å². The fourth-order valence-corrected chi connectivity index (χ4v) is 1.10. The molecule has 0 aliphatic heterocycles. The zero-order valence-electron chi connectivity index (χ0n) is 6.98. The van der Waals surface area contributed by atoms with Gasteiger partial charge in [-0.15, -0.1) is 0 Å². The van der Waals surface area contributed by atoms with Gasteiger partial charge in [0.05, 0.1) is 13.2 Å². The number of benzene rings is 1. The molecule has 0 radical (unpaired) electrons. The van der Waals surface area contributed by atoms with Crippen LogP contribution in [0.1, 0.15) is 0 Å². The predicted octanol–water partition coefficient (Wildman–Crippen LogP) is 1.18. The third-order valence-corrected chi connectivity index (χ3v) is 2.05. The zero-order valence-corrected chi connectivity index (χ0v) is 8.57. The van der Waals surface area contributed by atoms with Crippen LogP contribution in [0.2, 0.25) is 0 Å². The highest BCUT2D eigenvalue weighted by Gasteiger charge is 2.06. The molecule has 3 nitrogen and oxygen atoms in total. The molecular weight excluding hydrogens is 236 g/mol. The van der Waals surface area contributed by atoms with E-state index in [4.69, 9.17) is 14.9 Å². The maximum atomic E-state index is 8.75. The molecule has 0 atom stereocenters. The summed E-state index contributed by atoms with van der Waals surface area (Å²) in [7, 11) is 0. The van der Waals surface area contributed by atoms with Gasteiger partial charge < -0.3 is 14.9 Å². The van der Waals surface area contributed by atoms with Gasteiger partial charge in [-0.3, -0.25) is 0 Å². The van der Waals surface area contributed by atoms with Gasteiger partial charge in [0, 0.05) is 4.47 Å². The molecule has 72 valence electrons. The van der Waals surface area contributed by atoms with Crippen LogP contribution < -0.4 is 4.74 Å². The first-order chi connectivity index (χ1) is 6.26. The lowest BCUT2D eigenvalue weighted by atomic mass is 10.3. The Morgan fingerprint density at radius 1 is 1.15 bits per heavy atom. The monoisotopic (exact) mass is 246 g/mol. The van der Waals surface area contributed by atoms with Crippen molar-refractivity contribution in [2.45, 2.75) is 6.10 Å².